The number of hydrogen-bond donors (Lipinski definition) is 0. The van der Waals surface area contributed by atoms with E-state index in [0.29, 0.717) is 17.5 Å². The minimum absolute atomic E-state index is 0.182. The third kappa shape index (κ3) is 4.77. The smallest absolute Gasteiger partial charge is 0.163 e. The van der Waals surface area contributed by atoms with Crippen molar-refractivity contribution in [1.29, 1.82) is 0 Å². The molecule has 56 heavy (non-hydrogen) atoms. The molecule has 0 amide bonds. The van der Waals surface area contributed by atoms with Crippen molar-refractivity contribution in [2.45, 2.75) is 12.3 Å². The Balaban J connectivity index is 1.10. The Morgan fingerprint density at radius 3 is 1.96 bits per heavy atom. The summed E-state index contributed by atoms with van der Waals surface area (Å²) in [6.07, 6.45) is 5.10. The zero-order valence-corrected chi connectivity index (χ0v) is 30.1. The number of allylic oxidation sites excluding steroid dienone is 1. The maximum Gasteiger partial charge on any atom is 0.163 e. The Morgan fingerprint density at radius 2 is 1.09 bits per heavy atom. The average molecular weight is 718 g/mol. The number of fused-ring (bicyclic) bond motifs is 10. The molecular formula is C51H31N3O2. The number of benzene rings is 8. The third-order valence-corrected chi connectivity index (χ3v) is 11.4. The van der Waals surface area contributed by atoms with E-state index < -0.39 is 0 Å². The van der Waals surface area contributed by atoms with Crippen LogP contribution in [-0.2, 0) is 0 Å². The lowest BCUT2D eigenvalue weighted by Crippen LogP contribution is -2.11. The number of nitrogens with zero attached hydrogens (tertiary/aromatic N) is 3. The van der Waals surface area contributed by atoms with Gasteiger partial charge in [-0.2, -0.15) is 0 Å². The van der Waals surface area contributed by atoms with Gasteiger partial charge in [-0.05, 0) is 86.3 Å². The van der Waals surface area contributed by atoms with E-state index in [4.69, 9.17) is 23.8 Å². The van der Waals surface area contributed by atoms with Gasteiger partial charge in [-0.1, -0.05) is 133 Å². The molecule has 3 aromatic heterocycles. The summed E-state index contributed by atoms with van der Waals surface area (Å²) in [5, 5.41) is 10.3. The SMILES string of the molecule is C1=Cc2c(oc3ccccc23)C(c2nc(-c3cc(-c4cccc5oc6ccccc6c45)c4ccccc4c3)nc(-c3ccc4c(ccc5ccccc54)c3)n2)C1. The topological polar surface area (TPSA) is 65.0 Å². The van der Waals surface area contributed by atoms with Gasteiger partial charge < -0.3 is 8.83 Å². The summed E-state index contributed by atoms with van der Waals surface area (Å²) >= 11 is 0. The van der Waals surface area contributed by atoms with Gasteiger partial charge >= 0.3 is 0 Å². The van der Waals surface area contributed by atoms with Crippen LogP contribution in [-0.4, -0.2) is 15.0 Å². The van der Waals surface area contributed by atoms with Crippen LogP contribution in [0.4, 0.5) is 0 Å². The first-order valence-electron chi connectivity index (χ1n) is 19.0. The first kappa shape index (κ1) is 31.0. The summed E-state index contributed by atoms with van der Waals surface area (Å²) in [5.74, 6) is 2.64. The second-order valence-electron chi connectivity index (χ2n) is 14.7. The van der Waals surface area contributed by atoms with Crippen molar-refractivity contribution in [3.05, 3.63) is 181 Å². The highest BCUT2D eigenvalue weighted by Gasteiger charge is 2.29. The van der Waals surface area contributed by atoms with Crippen molar-refractivity contribution in [2.75, 3.05) is 0 Å². The van der Waals surface area contributed by atoms with Crippen LogP contribution in [0.25, 0.3) is 105 Å². The van der Waals surface area contributed by atoms with Crippen LogP contribution in [0.5, 0.6) is 0 Å². The lowest BCUT2D eigenvalue weighted by molar-refractivity contribution is 0.506. The van der Waals surface area contributed by atoms with Crippen molar-refractivity contribution in [1.82, 2.24) is 15.0 Å². The van der Waals surface area contributed by atoms with E-state index in [1.807, 2.05) is 30.3 Å². The Bertz CT molecular complexity index is 3430. The predicted molar refractivity (Wildman–Crippen MR) is 228 cm³/mol. The summed E-state index contributed by atoms with van der Waals surface area (Å²) in [6, 6.07) is 55.2. The van der Waals surface area contributed by atoms with Crippen LogP contribution in [0.3, 0.4) is 0 Å². The van der Waals surface area contributed by atoms with Crippen molar-refractivity contribution in [2.24, 2.45) is 0 Å². The molecule has 1 unspecified atom stereocenters. The number of para-hydroxylation sites is 2. The van der Waals surface area contributed by atoms with Gasteiger partial charge in [0.05, 0.1) is 5.92 Å². The zero-order chi connectivity index (χ0) is 36.7. The van der Waals surface area contributed by atoms with Gasteiger partial charge in [-0.15, -0.1) is 0 Å². The summed E-state index contributed by atoms with van der Waals surface area (Å²) < 4.78 is 12.9. The fourth-order valence-corrected chi connectivity index (χ4v) is 8.79. The minimum Gasteiger partial charge on any atom is -0.460 e. The van der Waals surface area contributed by atoms with Crippen molar-refractivity contribution < 1.29 is 8.83 Å². The van der Waals surface area contributed by atoms with E-state index >= 15 is 0 Å². The zero-order valence-electron chi connectivity index (χ0n) is 30.1. The molecule has 5 nitrogen and oxygen atoms in total. The van der Waals surface area contributed by atoms with Crippen LogP contribution >= 0.6 is 0 Å². The van der Waals surface area contributed by atoms with Crippen LogP contribution in [0.15, 0.2) is 173 Å². The molecule has 3 heterocycles. The van der Waals surface area contributed by atoms with Gasteiger partial charge in [0, 0.05) is 32.8 Å². The van der Waals surface area contributed by atoms with Crippen LogP contribution in [0, 0.1) is 0 Å². The van der Waals surface area contributed by atoms with Crippen LogP contribution < -0.4 is 0 Å². The maximum absolute atomic E-state index is 6.59. The number of hydrogen-bond acceptors (Lipinski definition) is 5. The number of furan rings is 2. The molecule has 0 aliphatic heterocycles. The van der Waals surface area contributed by atoms with Crippen molar-refractivity contribution in [3.8, 4) is 33.9 Å². The van der Waals surface area contributed by atoms with E-state index in [9.17, 15) is 0 Å². The second kappa shape index (κ2) is 12.1. The molecule has 262 valence electrons. The van der Waals surface area contributed by atoms with Gasteiger partial charge in [0.2, 0.25) is 0 Å². The molecule has 11 aromatic rings. The second-order valence-corrected chi connectivity index (χ2v) is 14.7. The van der Waals surface area contributed by atoms with E-state index in [2.05, 4.69) is 140 Å². The van der Waals surface area contributed by atoms with E-state index in [1.165, 1.54) is 16.2 Å². The molecule has 0 N–H and O–H groups in total. The quantitative estimate of drug-likeness (QED) is 0.170. The summed E-state index contributed by atoms with van der Waals surface area (Å²) in [6.45, 7) is 0. The van der Waals surface area contributed by atoms with E-state index in [0.717, 1.165) is 89.1 Å². The van der Waals surface area contributed by atoms with Crippen LogP contribution in [0.2, 0.25) is 0 Å². The highest BCUT2D eigenvalue weighted by molar-refractivity contribution is 6.16. The highest BCUT2D eigenvalue weighted by atomic mass is 16.3. The van der Waals surface area contributed by atoms with Gasteiger partial charge in [0.25, 0.3) is 0 Å². The first-order chi connectivity index (χ1) is 27.7. The van der Waals surface area contributed by atoms with Crippen molar-refractivity contribution >= 4 is 71.3 Å². The Morgan fingerprint density at radius 1 is 0.446 bits per heavy atom. The fourth-order valence-electron chi connectivity index (χ4n) is 8.79. The third-order valence-electron chi connectivity index (χ3n) is 11.4. The first-order valence-corrected chi connectivity index (χ1v) is 19.0. The summed E-state index contributed by atoms with van der Waals surface area (Å²) in [5.41, 5.74) is 7.73. The maximum atomic E-state index is 6.59. The molecule has 5 heteroatoms. The van der Waals surface area contributed by atoms with Crippen molar-refractivity contribution in [3.63, 3.8) is 0 Å². The van der Waals surface area contributed by atoms with Gasteiger partial charge in [0.1, 0.15) is 28.3 Å². The molecule has 0 saturated carbocycles. The normalized spacial score (nSPS) is 14.1. The Labute approximate surface area is 321 Å². The van der Waals surface area contributed by atoms with E-state index in [1.54, 1.807) is 0 Å². The number of rotatable bonds is 4. The van der Waals surface area contributed by atoms with Gasteiger partial charge in [0.15, 0.2) is 11.6 Å². The standard InChI is InChI=1S/C51H31N3O2/c1-3-13-35-30(11-1)23-24-32-27-33(25-26-37(32)35)49-52-50(54-51(53-49)42-19-9-18-40-38-15-5-7-20-44(38)56-48(40)42)34-28-31-12-2-4-14-36(31)43(29-34)39-17-10-22-46-47(39)41-16-6-8-21-45(41)55-46/h1-18,20-29,42H,19H2. The van der Waals surface area contributed by atoms with Crippen LogP contribution in [0.1, 0.15) is 29.5 Å². The molecule has 0 spiro atoms. The summed E-state index contributed by atoms with van der Waals surface area (Å²) in [7, 11) is 0. The van der Waals surface area contributed by atoms with Gasteiger partial charge in [-0.25, -0.2) is 15.0 Å². The lowest BCUT2D eigenvalue weighted by atomic mass is 9.91. The molecule has 12 rings (SSSR count). The highest BCUT2D eigenvalue weighted by Crippen LogP contribution is 2.43. The predicted octanol–water partition coefficient (Wildman–Crippen LogP) is 13.5. The monoisotopic (exact) mass is 717 g/mol. The molecule has 1 aliphatic rings. The Kier molecular flexibility index (Phi) is 6.69. The molecule has 1 atom stereocenters. The largest absolute Gasteiger partial charge is 0.460 e. The fraction of sp³-hybridized carbons (Fsp3) is 0.0392. The van der Waals surface area contributed by atoms with E-state index in [-0.39, 0.29) is 5.92 Å². The van der Waals surface area contributed by atoms with Gasteiger partial charge in [-0.3, -0.25) is 0 Å². The average Bonchev–Trinajstić information content (AvgIpc) is 3.84. The molecule has 0 fully saturated rings. The molecule has 1 aliphatic carbocycles. The molecule has 0 bridgehead atoms. The molecule has 0 radical (unpaired) electrons. The number of aromatic nitrogens is 3. The molecule has 8 aromatic carbocycles. The summed E-state index contributed by atoms with van der Waals surface area (Å²) in [4.78, 5) is 15.9. The minimum atomic E-state index is -0.182. The Hall–Kier alpha value is -7.37. The molecule has 0 saturated heterocycles. The lowest BCUT2D eigenvalue weighted by Gasteiger charge is -2.18. The molecular weight excluding hydrogens is 687 g/mol.